The molecule has 3 fully saturated rings. The second-order valence-electron chi connectivity index (χ2n) is 8.50. The standard InChI is InChI=1S/C22H31N3O5S/c26-21(24-13-15-30-16-14-24)18-7-11-23(12-8-18)22(27)19-5-4-6-20(17-19)31(28,29)25-9-2-1-3-10-25/h4-6,17-18H,1-3,7-16H2. The third-order valence-electron chi connectivity index (χ3n) is 6.49. The number of piperidine rings is 2. The lowest BCUT2D eigenvalue weighted by Gasteiger charge is -2.35. The van der Waals surface area contributed by atoms with Crippen LogP contribution in [0.25, 0.3) is 0 Å². The normalized spacial score (nSPS) is 21.8. The van der Waals surface area contributed by atoms with Crippen molar-refractivity contribution in [3.63, 3.8) is 0 Å². The van der Waals surface area contributed by atoms with Gasteiger partial charge in [-0.25, -0.2) is 8.42 Å². The molecule has 0 saturated carbocycles. The van der Waals surface area contributed by atoms with E-state index in [1.807, 2.05) is 4.90 Å². The van der Waals surface area contributed by atoms with Gasteiger partial charge in [-0.3, -0.25) is 9.59 Å². The van der Waals surface area contributed by atoms with Crippen LogP contribution in [0.3, 0.4) is 0 Å². The third kappa shape index (κ3) is 4.94. The first-order chi connectivity index (χ1) is 15.0. The van der Waals surface area contributed by atoms with Crippen LogP contribution in [0.1, 0.15) is 42.5 Å². The number of benzene rings is 1. The fraction of sp³-hybridized carbons (Fsp3) is 0.636. The quantitative estimate of drug-likeness (QED) is 0.696. The highest BCUT2D eigenvalue weighted by Crippen LogP contribution is 2.24. The second-order valence-corrected chi connectivity index (χ2v) is 10.4. The van der Waals surface area contributed by atoms with E-state index in [0.29, 0.717) is 70.9 Å². The summed E-state index contributed by atoms with van der Waals surface area (Å²) in [4.78, 5) is 29.5. The van der Waals surface area contributed by atoms with E-state index < -0.39 is 10.0 Å². The zero-order valence-corrected chi connectivity index (χ0v) is 18.7. The molecule has 2 amide bonds. The average Bonchev–Trinajstić information content (AvgIpc) is 2.84. The van der Waals surface area contributed by atoms with Crippen molar-refractivity contribution in [2.75, 3.05) is 52.5 Å². The maximum Gasteiger partial charge on any atom is 0.253 e. The van der Waals surface area contributed by atoms with Gasteiger partial charge in [0, 0.05) is 50.7 Å². The van der Waals surface area contributed by atoms with E-state index >= 15 is 0 Å². The SMILES string of the molecule is O=C(c1cccc(S(=O)(=O)N2CCCCC2)c1)N1CCC(C(=O)N2CCOCC2)CC1. The first-order valence-corrected chi connectivity index (χ1v) is 12.7. The number of morpholine rings is 1. The van der Waals surface area contributed by atoms with E-state index in [9.17, 15) is 18.0 Å². The van der Waals surface area contributed by atoms with Crippen molar-refractivity contribution in [2.45, 2.75) is 37.0 Å². The monoisotopic (exact) mass is 449 g/mol. The van der Waals surface area contributed by atoms with Gasteiger partial charge in [0.15, 0.2) is 0 Å². The van der Waals surface area contributed by atoms with E-state index in [1.165, 1.54) is 10.4 Å². The molecule has 0 spiro atoms. The van der Waals surface area contributed by atoms with Crippen LogP contribution in [0.15, 0.2) is 29.2 Å². The second kappa shape index (κ2) is 9.67. The van der Waals surface area contributed by atoms with Crippen molar-refractivity contribution in [1.29, 1.82) is 0 Å². The summed E-state index contributed by atoms with van der Waals surface area (Å²) in [6.45, 7) is 4.51. The zero-order chi connectivity index (χ0) is 21.8. The molecule has 4 rings (SSSR count). The summed E-state index contributed by atoms with van der Waals surface area (Å²) in [5.41, 5.74) is 0.385. The molecule has 0 bridgehead atoms. The van der Waals surface area contributed by atoms with Gasteiger partial charge < -0.3 is 14.5 Å². The summed E-state index contributed by atoms with van der Waals surface area (Å²) >= 11 is 0. The maximum absolute atomic E-state index is 13.0. The van der Waals surface area contributed by atoms with Gasteiger partial charge in [0.2, 0.25) is 15.9 Å². The molecule has 31 heavy (non-hydrogen) atoms. The molecule has 8 nitrogen and oxygen atoms in total. The molecule has 0 aromatic heterocycles. The van der Waals surface area contributed by atoms with Crippen LogP contribution >= 0.6 is 0 Å². The Morgan fingerprint density at radius 2 is 1.55 bits per heavy atom. The molecule has 3 heterocycles. The van der Waals surface area contributed by atoms with Gasteiger partial charge in [0.05, 0.1) is 18.1 Å². The van der Waals surface area contributed by atoms with E-state index in [2.05, 4.69) is 0 Å². The number of likely N-dealkylation sites (tertiary alicyclic amines) is 1. The summed E-state index contributed by atoms with van der Waals surface area (Å²) in [7, 11) is -3.58. The molecule has 0 N–H and O–H groups in total. The number of sulfonamides is 1. The van der Waals surface area contributed by atoms with Crippen LogP contribution in [-0.4, -0.2) is 86.8 Å². The smallest absolute Gasteiger partial charge is 0.253 e. The van der Waals surface area contributed by atoms with Gasteiger partial charge in [-0.1, -0.05) is 12.5 Å². The minimum absolute atomic E-state index is 0.0621. The Bertz CT molecular complexity index is 899. The fourth-order valence-electron chi connectivity index (χ4n) is 4.60. The van der Waals surface area contributed by atoms with E-state index in [0.717, 1.165) is 19.3 Å². The third-order valence-corrected chi connectivity index (χ3v) is 8.38. The molecule has 3 aliphatic heterocycles. The Labute approximate surface area is 184 Å². The number of carbonyl (C=O) groups excluding carboxylic acids is 2. The first kappa shape index (κ1) is 22.2. The minimum Gasteiger partial charge on any atom is -0.378 e. The lowest BCUT2D eigenvalue weighted by molar-refractivity contribution is -0.141. The molecule has 1 aromatic carbocycles. The first-order valence-electron chi connectivity index (χ1n) is 11.2. The number of ether oxygens (including phenoxy) is 1. The summed E-state index contributed by atoms with van der Waals surface area (Å²) in [6, 6.07) is 6.37. The molecule has 0 unspecified atom stereocenters. The molecule has 0 radical (unpaired) electrons. The lowest BCUT2D eigenvalue weighted by atomic mass is 9.94. The van der Waals surface area contributed by atoms with Crippen LogP contribution in [0.2, 0.25) is 0 Å². The predicted molar refractivity (Wildman–Crippen MR) is 115 cm³/mol. The highest BCUT2D eigenvalue weighted by atomic mass is 32.2. The van der Waals surface area contributed by atoms with E-state index in [4.69, 9.17) is 4.74 Å². The molecule has 3 saturated heterocycles. The van der Waals surface area contributed by atoms with Crippen LogP contribution in [0, 0.1) is 5.92 Å². The molecular formula is C22H31N3O5S. The Morgan fingerprint density at radius 3 is 2.23 bits per heavy atom. The lowest BCUT2D eigenvalue weighted by Crippen LogP contribution is -2.47. The van der Waals surface area contributed by atoms with Crippen molar-refractivity contribution < 1.29 is 22.7 Å². The van der Waals surface area contributed by atoms with E-state index in [1.54, 1.807) is 23.1 Å². The number of amides is 2. The Kier molecular flexibility index (Phi) is 6.93. The van der Waals surface area contributed by atoms with Crippen LogP contribution in [0.4, 0.5) is 0 Å². The van der Waals surface area contributed by atoms with Gasteiger partial charge in [-0.15, -0.1) is 0 Å². The van der Waals surface area contributed by atoms with Crippen molar-refractivity contribution in [2.24, 2.45) is 5.92 Å². The molecule has 0 atom stereocenters. The number of nitrogens with zero attached hydrogens (tertiary/aromatic N) is 3. The summed E-state index contributed by atoms with van der Waals surface area (Å²) < 4.78 is 32.7. The number of hydrogen-bond donors (Lipinski definition) is 0. The number of rotatable bonds is 4. The number of hydrogen-bond acceptors (Lipinski definition) is 5. The molecule has 1 aromatic rings. The highest BCUT2D eigenvalue weighted by Gasteiger charge is 2.32. The van der Waals surface area contributed by atoms with Gasteiger partial charge in [-0.05, 0) is 43.9 Å². The minimum atomic E-state index is -3.58. The van der Waals surface area contributed by atoms with Crippen molar-refractivity contribution in [1.82, 2.24) is 14.1 Å². The molecular weight excluding hydrogens is 418 g/mol. The van der Waals surface area contributed by atoms with Gasteiger partial charge in [0.25, 0.3) is 5.91 Å². The summed E-state index contributed by atoms with van der Waals surface area (Å²) in [5.74, 6) is -0.0778. The van der Waals surface area contributed by atoms with Crippen LogP contribution in [0.5, 0.6) is 0 Å². The summed E-state index contributed by atoms with van der Waals surface area (Å²) in [6.07, 6.45) is 4.06. The average molecular weight is 450 g/mol. The van der Waals surface area contributed by atoms with Crippen LogP contribution < -0.4 is 0 Å². The maximum atomic E-state index is 13.0. The largest absolute Gasteiger partial charge is 0.378 e. The molecule has 9 heteroatoms. The Balaban J connectivity index is 1.39. The molecule has 0 aliphatic carbocycles. The number of carbonyl (C=O) groups is 2. The van der Waals surface area contributed by atoms with Gasteiger partial charge >= 0.3 is 0 Å². The van der Waals surface area contributed by atoms with Gasteiger partial charge in [0.1, 0.15) is 0 Å². The van der Waals surface area contributed by atoms with Crippen molar-refractivity contribution in [3.8, 4) is 0 Å². The fourth-order valence-corrected chi connectivity index (χ4v) is 6.16. The highest BCUT2D eigenvalue weighted by molar-refractivity contribution is 7.89. The summed E-state index contributed by atoms with van der Waals surface area (Å²) in [5, 5.41) is 0. The molecule has 3 aliphatic rings. The Hall–Kier alpha value is -1.97. The predicted octanol–water partition coefficient (Wildman–Crippen LogP) is 1.57. The van der Waals surface area contributed by atoms with E-state index in [-0.39, 0.29) is 22.6 Å². The van der Waals surface area contributed by atoms with Gasteiger partial charge in [-0.2, -0.15) is 4.31 Å². The van der Waals surface area contributed by atoms with Crippen molar-refractivity contribution in [3.05, 3.63) is 29.8 Å². The van der Waals surface area contributed by atoms with Crippen LogP contribution in [-0.2, 0) is 19.6 Å². The zero-order valence-electron chi connectivity index (χ0n) is 17.9. The topological polar surface area (TPSA) is 87.2 Å². The molecule has 170 valence electrons. The Morgan fingerprint density at radius 1 is 0.871 bits per heavy atom. The van der Waals surface area contributed by atoms with Crippen molar-refractivity contribution >= 4 is 21.8 Å².